The molecule has 0 aliphatic carbocycles. The summed E-state index contributed by atoms with van der Waals surface area (Å²) in [5, 5.41) is 12.9. The van der Waals surface area contributed by atoms with E-state index >= 15 is 0 Å². The molecule has 5 nitrogen and oxygen atoms in total. The third-order valence-electron chi connectivity index (χ3n) is 3.28. The number of hydrogen-bond acceptors (Lipinski definition) is 5. The van der Waals surface area contributed by atoms with Crippen molar-refractivity contribution in [3.63, 3.8) is 0 Å². The summed E-state index contributed by atoms with van der Waals surface area (Å²) in [6.07, 6.45) is 1.51. The van der Waals surface area contributed by atoms with E-state index in [1.807, 2.05) is 30.3 Å². The quantitative estimate of drug-likeness (QED) is 0.477. The summed E-state index contributed by atoms with van der Waals surface area (Å²) >= 11 is 0. The van der Waals surface area contributed by atoms with Crippen LogP contribution in [0.3, 0.4) is 0 Å². The second kappa shape index (κ2) is 7.41. The number of aromatic nitrogens is 1. The Kier molecular flexibility index (Phi) is 5.32. The molecular weight excluding hydrogens is 292 g/mol. The average molecular weight is 310 g/mol. The lowest BCUT2D eigenvalue weighted by molar-refractivity contribution is -0.139. The Morgan fingerprint density at radius 3 is 2.61 bits per heavy atom. The Labute approximate surface area is 135 Å². The minimum absolute atomic E-state index is 0.0263. The number of hydrogen-bond donors (Lipinski definition) is 0. The third-order valence-corrected chi connectivity index (χ3v) is 3.28. The standard InChI is InChI=1S/C18H18N2O3/c1-12(2)15-6-4-14(5-7-15)9-16(10-19)18(21)22-11-17-8-13(3)23-20-17/h4-9,12H,11H2,1-3H3/b16-9+. The van der Waals surface area contributed by atoms with Gasteiger partial charge in [0.25, 0.3) is 0 Å². The Morgan fingerprint density at radius 2 is 2.09 bits per heavy atom. The van der Waals surface area contributed by atoms with Gasteiger partial charge in [-0.1, -0.05) is 43.3 Å². The first kappa shape index (κ1) is 16.5. The molecule has 23 heavy (non-hydrogen) atoms. The molecule has 0 N–H and O–H groups in total. The zero-order valence-corrected chi connectivity index (χ0v) is 13.4. The molecule has 1 aromatic carbocycles. The van der Waals surface area contributed by atoms with Crippen LogP contribution < -0.4 is 0 Å². The predicted octanol–water partition coefficient (Wildman–Crippen LogP) is 3.76. The van der Waals surface area contributed by atoms with Crippen LogP contribution in [0.4, 0.5) is 0 Å². The molecule has 0 amide bonds. The number of aryl methyl sites for hydroxylation is 1. The Hall–Kier alpha value is -2.87. The van der Waals surface area contributed by atoms with E-state index in [0.717, 1.165) is 5.56 Å². The van der Waals surface area contributed by atoms with Crippen LogP contribution in [0.5, 0.6) is 0 Å². The first-order valence-electron chi connectivity index (χ1n) is 7.30. The molecule has 5 heteroatoms. The van der Waals surface area contributed by atoms with Gasteiger partial charge < -0.3 is 9.26 Å². The number of nitriles is 1. The minimum Gasteiger partial charge on any atom is -0.455 e. The molecule has 0 saturated carbocycles. The van der Waals surface area contributed by atoms with E-state index in [-0.39, 0.29) is 12.2 Å². The molecule has 0 aliphatic rings. The van der Waals surface area contributed by atoms with Crippen molar-refractivity contribution in [3.05, 3.63) is 58.5 Å². The maximum absolute atomic E-state index is 12.0. The third kappa shape index (κ3) is 4.55. The lowest BCUT2D eigenvalue weighted by Crippen LogP contribution is -2.07. The summed E-state index contributed by atoms with van der Waals surface area (Å²) in [5.41, 5.74) is 2.43. The van der Waals surface area contributed by atoms with Gasteiger partial charge in [0.15, 0.2) is 0 Å². The van der Waals surface area contributed by atoms with Gasteiger partial charge in [-0.25, -0.2) is 4.79 Å². The van der Waals surface area contributed by atoms with E-state index in [9.17, 15) is 4.79 Å². The highest BCUT2D eigenvalue weighted by Gasteiger charge is 2.12. The number of rotatable bonds is 5. The van der Waals surface area contributed by atoms with E-state index in [1.165, 1.54) is 11.6 Å². The molecule has 118 valence electrons. The molecule has 0 bridgehead atoms. The fourth-order valence-corrected chi connectivity index (χ4v) is 1.98. The van der Waals surface area contributed by atoms with Crippen molar-refractivity contribution in [2.24, 2.45) is 0 Å². The van der Waals surface area contributed by atoms with Gasteiger partial charge in [-0.05, 0) is 30.0 Å². The minimum atomic E-state index is -0.680. The Bertz CT molecular complexity index is 749. The average Bonchev–Trinajstić information content (AvgIpc) is 2.96. The highest BCUT2D eigenvalue weighted by Crippen LogP contribution is 2.16. The largest absolute Gasteiger partial charge is 0.455 e. The van der Waals surface area contributed by atoms with Gasteiger partial charge in [-0.15, -0.1) is 0 Å². The summed E-state index contributed by atoms with van der Waals surface area (Å²) in [7, 11) is 0. The first-order valence-corrected chi connectivity index (χ1v) is 7.30. The van der Waals surface area contributed by atoms with Crippen LogP contribution in [0.1, 0.15) is 42.3 Å². The van der Waals surface area contributed by atoms with E-state index in [0.29, 0.717) is 17.4 Å². The maximum Gasteiger partial charge on any atom is 0.349 e. The lowest BCUT2D eigenvalue weighted by Gasteiger charge is -2.05. The van der Waals surface area contributed by atoms with Crippen LogP contribution in [0.25, 0.3) is 6.08 Å². The highest BCUT2D eigenvalue weighted by atomic mass is 16.5. The predicted molar refractivity (Wildman–Crippen MR) is 85.2 cm³/mol. The number of carbonyl (C=O) groups is 1. The molecule has 0 radical (unpaired) electrons. The molecule has 0 aliphatic heterocycles. The molecular formula is C18H18N2O3. The van der Waals surface area contributed by atoms with Crippen LogP contribution in [-0.2, 0) is 16.1 Å². The molecule has 2 rings (SSSR count). The SMILES string of the molecule is Cc1cc(COC(=O)/C(C#N)=C/c2ccc(C(C)C)cc2)no1. The van der Waals surface area contributed by atoms with Gasteiger partial charge in [-0.2, -0.15) is 5.26 Å². The molecule has 0 atom stereocenters. The van der Waals surface area contributed by atoms with Crippen molar-refractivity contribution in [2.75, 3.05) is 0 Å². The topological polar surface area (TPSA) is 76.1 Å². The summed E-state index contributed by atoms with van der Waals surface area (Å²) in [5.74, 6) is 0.387. The zero-order chi connectivity index (χ0) is 16.8. The van der Waals surface area contributed by atoms with Crippen molar-refractivity contribution >= 4 is 12.0 Å². The van der Waals surface area contributed by atoms with E-state index < -0.39 is 5.97 Å². The Morgan fingerprint density at radius 1 is 1.39 bits per heavy atom. The number of benzene rings is 1. The summed E-state index contributed by atoms with van der Waals surface area (Å²) in [4.78, 5) is 12.0. The van der Waals surface area contributed by atoms with Gasteiger partial charge >= 0.3 is 5.97 Å². The summed E-state index contributed by atoms with van der Waals surface area (Å²) in [6, 6.07) is 11.3. The molecule has 2 aromatic rings. The highest BCUT2D eigenvalue weighted by molar-refractivity contribution is 5.97. The van der Waals surface area contributed by atoms with Crippen LogP contribution >= 0.6 is 0 Å². The van der Waals surface area contributed by atoms with E-state index in [1.54, 1.807) is 13.0 Å². The number of nitrogens with zero attached hydrogens (tertiary/aromatic N) is 2. The van der Waals surface area contributed by atoms with Crippen LogP contribution in [0.2, 0.25) is 0 Å². The molecule has 1 aromatic heterocycles. The maximum atomic E-state index is 12.0. The van der Waals surface area contributed by atoms with E-state index in [4.69, 9.17) is 14.5 Å². The van der Waals surface area contributed by atoms with Gasteiger partial charge in [0.1, 0.15) is 29.7 Å². The summed E-state index contributed by atoms with van der Waals surface area (Å²) < 4.78 is 9.97. The van der Waals surface area contributed by atoms with Crippen molar-refractivity contribution in [3.8, 4) is 6.07 Å². The van der Waals surface area contributed by atoms with Crippen molar-refractivity contribution in [2.45, 2.75) is 33.3 Å². The van der Waals surface area contributed by atoms with E-state index in [2.05, 4.69) is 19.0 Å². The van der Waals surface area contributed by atoms with Gasteiger partial charge in [0, 0.05) is 6.07 Å². The van der Waals surface area contributed by atoms with Gasteiger partial charge in [0.05, 0.1) is 0 Å². The number of carbonyl (C=O) groups excluding carboxylic acids is 1. The Balaban J connectivity index is 2.05. The monoisotopic (exact) mass is 310 g/mol. The van der Waals surface area contributed by atoms with Crippen molar-refractivity contribution in [1.29, 1.82) is 5.26 Å². The fourth-order valence-electron chi connectivity index (χ4n) is 1.98. The zero-order valence-electron chi connectivity index (χ0n) is 13.4. The molecule has 1 heterocycles. The van der Waals surface area contributed by atoms with Crippen molar-refractivity contribution < 1.29 is 14.1 Å². The van der Waals surface area contributed by atoms with Crippen LogP contribution in [0, 0.1) is 18.3 Å². The van der Waals surface area contributed by atoms with Crippen LogP contribution in [0.15, 0.2) is 40.4 Å². The number of esters is 1. The van der Waals surface area contributed by atoms with Crippen molar-refractivity contribution in [1.82, 2.24) is 5.16 Å². The molecule has 0 fully saturated rings. The fraction of sp³-hybridized carbons (Fsp3) is 0.278. The lowest BCUT2D eigenvalue weighted by atomic mass is 10.0. The van der Waals surface area contributed by atoms with Gasteiger partial charge in [0.2, 0.25) is 0 Å². The van der Waals surface area contributed by atoms with Gasteiger partial charge in [-0.3, -0.25) is 0 Å². The molecule has 0 saturated heterocycles. The second-order valence-corrected chi connectivity index (χ2v) is 5.50. The van der Waals surface area contributed by atoms with Crippen LogP contribution in [-0.4, -0.2) is 11.1 Å². The molecule has 0 unspecified atom stereocenters. The summed E-state index contributed by atoms with van der Waals surface area (Å²) in [6.45, 7) is 5.93. The second-order valence-electron chi connectivity index (χ2n) is 5.50. The first-order chi connectivity index (χ1) is 11.0. The smallest absolute Gasteiger partial charge is 0.349 e. The normalized spacial score (nSPS) is 11.3. The molecule has 0 spiro atoms. The number of ether oxygens (including phenoxy) is 1.